The van der Waals surface area contributed by atoms with E-state index >= 15 is 0 Å². The molecule has 4 nitrogen and oxygen atoms in total. The van der Waals surface area contributed by atoms with Gasteiger partial charge in [-0.2, -0.15) is 0 Å². The molecule has 0 radical (unpaired) electrons. The van der Waals surface area contributed by atoms with Crippen LogP contribution in [-0.2, 0) is 4.74 Å². The third-order valence-corrected chi connectivity index (χ3v) is 3.50. The van der Waals surface area contributed by atoms with E-state index in [0.29, 0.717) is 6.10 Å². The first-order chi connectivity index (χ1) is 7.59. The summed E-state index contributed by atoms with van der Waals surface area (Å²) in [5.74, 6) is 0. The lowest BCUT2D eigenvalue weighted by atomic mass is 9.88. The molecule has 0 spiro atoms. The molecule has 1 aliphatic rings. The van der Waals surface area contributed by atoms with Gasteiger partial charge in [-0.1, -0.05) is 13.8 Å². The molecule has 4 heteroatoms. The van der Waals surface area contributed by atoms with E-state index in [1.165, 1.54) is 0 Å². The van der Waals surface area contributed by atoms with Gasteiger partial charge in [-0.3, -0.25) is 0 Å². The molecule has 2 N–H and O–H groups in total. The van der Waals surface area contributed by atoms with Crippen LogP contribution >= 0.6 is 0 Å². The summed E-state index contributed by atoms with van der Waals surface area (Å²) in [6.45, 7) is 9.03. The van der Waals surface area contributed by atoms with Crippen molar-refractivity contribution in [2.45, 2.75) is 26.4 Å². The third-order valence-electron chi connectivity index (χ3n) is 3.50. The molecule has 1 saturated heterocycles. The average Bonchev–Trinajstić information content (AvgIpc) is 2.29. The fourth-order valence-electron chi connectivity index (χ4n) is 1.82. The van der Waals surface area contributed by atoms with Crippen molar-refractivity contribution >= 4 is 0 Å². The highest BCUT2D eigenvalue weighted by Gasteiger charge is 2.22. The third kappa shape index (κ3) is 4.37. The summed E-state index contributed by atoms with van der Waals surface area (Å²) in [7, 11) is 2.12. The van der Waals surface area contributed by atoms with Crippen molar-refractivity contribution < 1.29 is 9.84 Å². The Morgan fingerprint density at radius 3 is 2.88 bits per heavy atom. The van der Waals surface area contributed by atoms with Gasteiger partial charge in [-0.15, -0.1) is 0 Å². The summed E-state index contributed by atoms with van der Waals surface area (Å²) in [5.41, 5.74) is 0.000564. The lowest BCUT2D eigenvalue weighted by molar-refractivity contribution is -0.0196. The maximum Gasteiger partial charge on any atom is 0.0826 e. The van der Waals surface area contributed by atoms with Crippen molar-refractivity contribution in [3.63, 3.8) is 0 Å². The van der Waals surface area contributed by atoms with Gasteiger partial charge in [0, 0.05) is 38.2 Å². The van der Waals surface area contributed by atoms with E-state index in [-0.39, 0.29) is 12.0 Å². The van der Waals surface area contributed by atoms with E-state index in [0.717, 1.165) is 39.2 Å². The second kappa shape index (κ2) is 6.55. The van der Waals surface area contributed by atoms with Crippen LogP contribution < -0.4 is 5.32 Å². The highest BCUT2D eigenvalue weighted by Crippen LogP contribution is 2.18. The lowest BCUT2D eigenvalue weighted by Gasteiger charge is -2.32. The number of nitrogens with one attached hydrogen (secondary N) is 1. The van der Waals surface area contributed by atoms with Crippen molar-refractivity contribution in [1.29, 1.82) is 0 Å². The first kappa shape index (κ1) is 13.9. The van der Waals surface area contributed by atoms with Crippen molar-refractivity contribution in [2.24, 2.45) is 5.41 Å². The summed E-state index contributed by atoms with van der Waals surface area (Å²) in [5, 5.41) is 12.7. The molecule has 16 heavy (non-hydrogen) atoms. The Hall–Kier alpha value is -0.160. The molecular weight excluding hydrogens is 204 g/mol. The molecule has 1 heterocycles. The summed E-state index contributed by atoms with van der Waals surface area (Å²) >= 11 is 0. The van der Waals surface area contributed by atoms with Crippen LogP contribution in [0, 0.1) is 5.41 Å². The minimum absolute atomic E-state index is 0.000564. The van der Waals surface area contributed by atoms with Crippen LogP contribution in [0.1, 0.15) is 20.3 Å². The number of likely N-dealkylation sites (N-methyl/N-ethyl adjacent to an activating group) is 1. The summed E-state index contributed by atoms with van der Waals surface area (Å²) in [6.07, 6.45) is 1.28. The first-order valence-electron chi connectivity index (χ1n) is 6.21. The van der Waals surface area contributed by atoms with Gasteiger partial charge in [0.2, 0.25) is 0 Å². The molecule has 2 atom stereocenters. The fraction of sp³-hybridized carbons (Fsp3) is 1.00. The Kier molecular flexibility index (Phi) is 5.69. The molecule has 0 aromatic heterocycles. The van der Waals surface area contributed by atoms with Gasteiger partial charge >= 0.3 is 0 Å². The predicted molar refractivity (Wildman–Crippen MR) is 65.6 cm³/mol. The molecule has 0 aliphatic carbocycles. The Balaban J connectivity index is 2.19. The van der Waals surface area contributed by atoms with Gasteiger partial charge in [0.15, 0.2) is 0 Å². The molecule has 1 aliphatic heterocycles. The van der Waals surface area contributed by atoms with E-state index in [2.05, 4.69) is 31.1 Å². The van der Waals surface area contributed by atoms with Crippen LogP contribution in [0.2, 0.25) is 0 Å². The van der Waals surface area contributed by atoms with Crippen LogP contribution in [0.5, 0.6) is 0 Å². The number of hydrogen-bond acceptors (Lipinski definition) is 4. The number of rotatable bonds is 6. The van der Waals surface area contributed by atoms with Crippen molar-refractivity contribution in [3.8, 4) is 0 Å². The minimum Gasteiger partial charge on any atom is -0.396 e. The molecule has 1 fully saturated rings. The van der Waals surface area contributed by atoms with E-state index in [1.54, 1.807) is 0 Å². The maximum atomic E-state index is 9.28. The zero-order chi connectivity index (χ0) is 12.0. The fourth-order valence-corrected chi connectivity index (χ4v) is 1.82. The Bertz CT molecular complexity index is 195. The molecule has 2 unspecified atom stereocenters. The van der Waals surface area contributed by atoms with Crippen molar-refractivity contribution in [1.82, 2.24) is 10.2 Å². The van der Waals surface area contributed by atoms with Gasteiger partial charge in [0.05, 0.1) is 12.7 Å². The molecule has 0 amide bonds. The van der Waals surface area contributed by atoms with Gasteiger partial charge in [-0.05, 0) is 13.5 Å². The number of hydrogen-bond donors (Lipinski definition) is 2. The lowest BCUT2D eigenvalue weighted by Crippen LogP contribution is -2.46. The second-order valence-electron chi connectivity index (χ2n) is 5.21. The largest absolute Gasteiger partial charge is 0.396 e. The standard InChI is InChI=1S/C12H26N2O2/c1-4-12(2,10-15)9-13-7-11-8-14(3)5-6-16-11/h11,13,15H,4-10H2,1-3H3. The van der Waals surface area contributed by atoms with Gasteiger partial charge < -0.3 is 20.1 Å². The molecular formula is C12H26N2O2. The van der Waals surface area contributed by atoms with Crippen LogP contribution in [0.3, 0.4) is 0 Å². The Morgan fingerprint density at radius 2 is 2.31 bits per heavy atom. The normalized spacial score (nSPS) is 26.6. The van der Waals surface area contributed by atoms with Crippen LogP contribution in [0.15, 0.2) is 0 Å². The average molecular weight is 230 g/mol. The summed E-state index contributed by atoms with van der Waals surface area (Å²) in [6, 6.07) is 0. The minimum atomic E-state index is 0.000564. The number of aliphatic hydroxyl groups excluding tert-OH is 1. The van der Waals surface area contributed by atoms with E-state index in [4.69, 9.17) is 4.74 Å². The van der Waals surface area contributed by atoms with Crippen LogP contribution in [-0.4, -0.2) is 62.6 Å². The molecule has 1 rings (SSSR count). The number of nitrogens with zero attached hydrogens (tertiary/aromatic N) is 1. The molecule has 0 aromatic rings. The van der Waals surface area contributed by atoms with E-state index in [9.17, 15) is 5.11 Å². The number of morpholine rings is 1. The molecule has 96 valence electrons. The highest BCUT2D eigenvalue weighted by molar-refractivity contribution is 4.77. The molecule has 0 saturated carbocycles. The quantitative estimate of drug-likeness (QED) is 0.689. The first-order valence-corrected chi connectivity index (χ1v) is 6.21. The van der Waals surface area contributed by atoms with Crippen LogP contribution in [0.25, 0.3) is 0 Å². The van der Waals surface area contributed by atoms with E-state index in [1.807, 2.05) is 0 Å². The highest BCUT2D eigenvalue weighted by atomic mass is 16.5. The molecule has 0 bridgehead atoms. The zero-order valence-electron chi connectivity index (χ0n) is 10.8. The van der Waals surface area contributed by atoms with Gasteiger partial charge in [-0.25, -0.2) is 0 Å². The van der Waals surface area contributed by atoms with Crippen molar-refractivity contribution in [3.05, 3.63) is 0 Å². The zero-order valence-corrected chi connectivity index (χ0v) is 10.8. The van der Waals surface area contributed by atoms with E-state index < -0.39 is 0 Å². The van der Waals surface area contributed by atoms with Crippen molar-refractivity contribution in [2.75, 3.05) is 46.4 Å². The Labute approximate surface area is 99.0 Å². The Morgan fingerprint density at radius 1 is 1.56 bits per heavy atom. The summed E-state index contributed by atoms with van der Waals surface area (Å²) < 4.78 is 5.66. The summed E-state index contributed by atoms with van der Waals surface area (Å²) in [4.78, 5) is 2.29. The number of ether oxygens (including phenoxy) is 1. The number of aliphatic hydroxyl groups is 1. The topological polar surface area (TPSA) is 44.7 Å². The second-order valence-corrected chi connectivity index (χ2v) is 5.21. The van der Waals surface area contributed by atoms with Gasteiger partial charge in [0.25, 0.3) is 0 Å². The smallest absolute Gasteiger partial charge is 0.0826 e. The predicted octanol–water partition coefficient (Wildman–Crippen LogP) is 0.315. The van der Waals surface area contributed by atoms with Gasteiger partial charge in [0.1, 0.15) is 0 Å². The molecule has 0 aromatic carbocycles. The SMILES string of the molecule is CCC(C)(CO)CNCC1CN(C)CCO1. The monoisotopic (exact) mass is 230 g/mol. The van der Waals surface area contributed by atoms with Crippen LogP contribution in [0.4, 0.5) is 0 Å². The maximum absolute atomic E-state index is 9.28.